The zero-order chi connectivity index (χ0) is 13.9. The van der Waals surface area contributed by atoms with Crippen LogP contribution in [0.25, 0.3) is 0 Å². The van der Waals surface area contributed by atoms with Gasteiger partial charge in [-0.1, -0.05) is 13.8 Å². The Balaban J connectivity index is 0.00000200. The topological polar surface area (TPSA) is 52.7 Å². The lowest BCUT2D eigenvalue weighted by Gasteiger charge is -2.34. The van der Waals surface area contributed by atoms with Crippen molar-refractivity contribution in [2.45, 2.75) is 45.6 Å². The van der Waals surface area contributed by atoms with Gasteiger partial charge in [-0.15, -0.1) is 12.4 Å². The SMILES string of the molecule is CCN(CC)S(=O)(=O)N1CCC(NCC2CC2)CC1.Cl. The maximum absolute atomic E-state index is 12.4. The molecule has 0 atom stereocenters. The van der Waals surface area contributed by atoms with Crippen molar-refractivity contribution in [3.63, 3.8) is 0 Å². The summed E-state index contributed by atoms with van der Waals surface area (Å²) in [6, 6.07) is 0.503. The van der Waals surface area contributed by atoms with Crippen LogP contribution in [-0.2, 0) is 10.2 Å². The van der Waals surface area contributed by atoms with E-state index in [0.717, 1.165) is 25.3 Å². The van der Waals surface area contributed by atoms with Gasteiger partial charge in [0.25, 0.3) is 10.2 Å². The molecular formula is C13H28ClN3O2S. The molecule has 1 aliphatic carbocycles. The van der Waals surface area contributed by atoms with Gasteiger partial charge in [0.2, 0.25) is 0 Å². The number of rotatable bonds is 7. The first-order chi connectivity index (χ1) is 9.07. The molecule has 2 aliphatic rings. The molecule has 1 saturated carbocycles. The van der Waals surface area contributed by atoms with Gasteiger partial charge in [-0.2, -0.15) is 17.0 Å². The highest BCUT2D eigenvalue weighted by Crippen LogP contribution is 2.28. The Morgan fingerprint density at radius 3 is 2.10 bits per heavy atom. The first-order valence-corrected chi connectivity index (χ1v) is 8.96. The van der Waals surface area contributed by atoms with Crippen LogP contribution in [0.4, 0.5) is 0 Å². The van der Waals surface area contributed by atoms with Crippen molar-refractivity contribution in [1.82, 2.24) is 13.9 Å². The Bertz CT molecular complexity index is 375. The normalized spacial score (nSPS) is 21.9. The number of nitrogens with zero attached hydrogens (tertiary/aromatic N) is 2. The molecule has 0 unspecified atom stereocenters. The third-order valence-electron chi connectivity index (χ3n) is 4.20. The zero-order valence-corrected chi connectivity index (χ0v) is 14.2. The molecule has 0 amide bonds. The lowest BCUT2D eigenvalue weighted by molar-refractivity contribution is 0.268. The maximum Gasteiger partial charge on any atom is 0.281 e. The van der Waals surface area contributed by atoms with Crippen molar-refractivity contribution in [2.24, 2.45) is 5.92 Å². The molecule has 1 aliphatic heterocycles. The number of hydrogen-bond acceptors (Lipinski definition) is 3. The molecule has 1 saturated heterocycles. The molecule has 120 valence electrons. The summed E-state index contributed by atoms with van der Waals surface area (Å²) in [4.78, 5) is 0. The summed E-state index contributed by atoms with van der Waals surface area (Å²) in [5, 5.41) is 3.58. The van der Waals surface area contributed by atoms with E-state index in [4.69, 9.17) is 0 Å². The second-order valence-corrected chi connectivity index (χ2v) is 7.55. The van der Waals surface area contributed by atoms with E-state index in [1.54, 1.807) is 8.61 Å². The van der Waals surface area contributed by atoms with Gasteiger partial charge in [0.15, 0.2) is 0 Å². The molecule has 7 heteroatoms. The van der Waals surface area contributed by atoms with Crippen LogP contribution in [0.5, 0.6) is 0 Å². The summed E-state index contributed by atoms with van der Waals surface area (Å²) in [6.45, 7) is 7.32. The van der Waals surface area contributed by atoms with E-state index >= 15 is 0 Å². The van der Waals surface area contributed by atoms with Gasteiger partial charge in [0.05, 0.1) is 0 Å². The van der Waals surface area contributed by atoms with E-state index in [1.807, 2.05) is 13.8 Å². The molecule has 1 heterocycles. The highest BCUT2D eigenvalue weighted by atomic mass is 35.5. The maximum atomic E-state index is 12.4. The van der Waals surface area contributed by atoms with Gasteiger partial charge in [-0.05, 0) is 38.1 Å². The van der Waals surface area contributed by atoms with Crippen LogP contribution < -0.4 is 5.32 Å². The van der Waals surface area contributed by atoms with Crippen LogP contribution in [-0.4, -0.2) is 55.8 Å². The standard InChI is InChI=1S/C13H27N3O2S.ClH/c1-3-15(4-2)19(17,18)16-9-7-13(8-10-16)14-11-12-5-6-12;/h12-14H,3-11H2,1-2H3;1H. The smallest absolute Gasteiger partial charge is 0.281 e. The van der Waals surface area contributed by atoms with Crippen molar-refractivity contribution >= 4 is 22.6 Å². The van der Waals surface area contributed by atoms with E-state index in [0.29, 0.717) is 32.2 Å². The first-order valence-electron chi connectivity index (χ1n) is 7.56. The van der Waals surface area contributed by atoms with Crippen molar-refractivity contribution in [1.29, 1.82) is 0 Å². The van der Waals surface area contributed by atoms with Crippen molar-refractivity contribution < 1.29 is 8.42 Å². The minimum absolute atomic E-state index is 0. The Morgan fingerprint density at radius 1 is 1.10 bits per heavy atom. The van der Waals surface area contributed by atoms with Crippen molar-refractivity contribution in [3.8, 4) is 0 Å². The Labute approximate surface area is 129 Å². The average molecular weight is 326 g/mol. The monoisotopic (exact) mass is 325 g/mol. The first kappa shape index (κ1) is 18.2. The Kier molecular flexibility index (Phi) is 7.21. The van der Waals surface area contributed by atoms with Gasteiger partial charge in [-0.3, -0.25) is 0 Å². The molecule has 0 aromatic heterocycles. The van der Waals surface area contributed by atoms with Gasteiger partial charge < -0.3 is 5.32 Å². The predicted molar refractivity (Wildman–Crippen MR) is 84.4 cm³/mol. The zero-order valence-electron chi connectivity index (χ0n) is 12.5. The minimum Gasteiger partial charge on any atom is -0.314 e. The van der Waals surface area contributed by atoms with E-state index in [2.05, 4.69) is 5.32 Å². The number of hydrogen-bond donors (Lipinski definition) is 1. The highest BCUT2D eigenvalue weighted by Gasteiger charge is 2.32. The third-order valence-corrected chi connectivity index (χ3v) is 6.39. The second kappa shape index (κ2) is 7.94. The van der Waals surface area contributed by atoms with Crippen LogP contribution in [0.2, 0.25) is 0 Å². The van der Waals surface area contributed by atoms with Gasteiger partial charge in [0.1, 0.15) is 0 Å². The highest BCUT2D eigenvalue weighted by molar-refractivity contribution is 7.86. The molecule has 0 spiro atoms. The summed E-state index contributed by atoms with van der Waals surface area (Å²) in [6.07, 6.45) is 4.60. The molecule has 5 nitrogen and oxygen atoms in total. The van der Waals surface area contributed by atoms with Crippen LogP contribution >= 0.6 is 12.4 Å². The Morgan fingerprint density at radius 2 is 1.65 bits per heavy atom. The van der Waals surface area contributed by atoms with Gasteiger partial charge in [0, 0.05) is 32.2 Å². The number of halogens is 1. The largest absolute Gasteiger partial charge is 0.314 e. The number of piperidine rings is 1. The second-order valence-electron chi connectivity index (χ2n) is 5.62. The fourth-order valence-corrected chi connectivity index (χ4v) is 4.31. The molecule has 2 rings (SSSR count). The van der Waals surface area contributed by atoms with Gasteiger partial charge >= 0.3 is 0 Å². The third kappa shape index (κ3) is 4.56. The average Bonchev–Trinajstić information content (AvgIpc) is 3.22. The fraction of sp³-hybridized carbons (Fsp3) is 1.00. The van der Waals surface area contributed by atoms with Crippen LogP contribution in [0, 0.1) is 5.92 Å². The van der Waals surface area contributed by atoms with Crippen LogP contribution in [0.15, 0.2) is 0 Å². The van der Waals surface area contributed by atoms with Crippen LogP contribution in [0.1, 0.15) is 39.5 Å². The van der Waals surface area contributed by atoms with Crippen molar-refractivity contribution in [2.75, 3.05) is 32.7 Å². The van der Waals surface area contributed by atoms with E-state index in [-0.39, 0.29) is 12.4 Å². The van der Waals surface area contributed by atoms with E-state index < -0.39 is 10.2 Å². The molecule has 0 bridgehead atoms. The molecule has 1 N–H and O–H groups in total. The van der Waals surface area contributed by atoms with Crippen LogP contribution in [0.3, 0.4) is 0 Å². The summed E-state index contributed by atoms with van der Waals surface area (Å²) < 4.78 is 27.9. The quantitative estimate of drug-likeness (QED) is 0.771. The molecule has 2 fully saturated rings. The van der Waals surface area contributed by atoms with Crippen molar-refractivity contribution in [3.05, 3.63) is 0 Å². The van der Waals surface area contributed by atoms with E-state index in [9.17, 15) is 8.42 Å². The number of nitrogens with one attached hydrogen (secondary N) is 1. The molecule has 20 heavy (non-hydrogen) atoms. The summed E-state index contributed by atoms with van der Waals surface area (Å²) >= 11 is 0. The molecular weight excluding hydrogens is 298 g/mol. The predicted octanol–water partition coefficient (Wildman–Crippen LogP) is 1.46. The summed E-state index contributed by atoms with van der Waals surface area (Å²) in [7, 11) is -3.23. The molecule has 0 aromatic carbocycles. The summed E-state index contributed by atoms with van der Waals surface area (Å²) in [5.74, 6) is 0.887. The minimum atomic E-state index is -3.23. The lowest BCUT2D eigenvalue weighted by Crippen LogP contribution is -2.50. The Hall–Kier alpha value is 0.120. The summed E-state index contributed by atoms with van der Waals surface area (Å²) in [5.41, 5.74) is 0. The fourth-order valence-electron chi connectivity index (χ4n) is 2.66. The molecule has 0 aromatic rings. The lowest BCUT2D eigenvalue weighted by atomic mass is 10.1. The molecule has 0 radical (unpaired) electrons. The van der Waals surface area contributed by atoms with E-state index in [1.165, 1.54) is 12.8 Å². The van der Waals surface area contributed by atoms with Gasteiger partial charge in [-0.25, -0.2) is 0 Å².